The predicted octanol–water partition coefficient (Wildman–Crippen LogP) is 3.69. The van der Waals surface area contributed by atoms with E-state index in [-0.39, 0.29) is 5.82 Å². The third-order valence-electron chi connectivity index (χ3n) is 4.18. The van der Waals surface area contributed by atoms with Gasteiger partial charge in [0.2, 0.25) is 0 Å². The maximum absolute atomic E-state index is 13.1. The first-order chi connectivity index (χ1) is 13.5. The quantitative estimate of drug-likeness (QED) is 0.588. The fraction of sp³-hybridized carbons (Fsp3) is 0.316. The number of hydrogen-bond acceptors (Lipinski definition) is 4. The molecule has 0 unspecified atom stereocenters. The van der Waals surface area contributed by atoms with Crippen LogP contribution in [0.4, 0.5) is 15.8 Å². The van der Waals surface area contributed by atoms with Crippen LogP contribution >= 0.6 is 12.2 Å². The number of thiocarbonyl (C=S) groups is 1. The van der Waals surface area contributed by atoms with Gasteiger partial charge in [0.1, 0.15) is 12.5 Å². The fourth-order valence-corrected chi connectivity index (χ4v) is 2.97. The second-order valence-electron chi connectivity index (χ2n) is 6.30. The number of hydrogen-bond donors (Lipinski definition) is 2. The van der Waals surface area contributed by atoms with Gasteiger partial charge in [-0.3, -0.25) is 4.68 Å². The lowest BCUT2D eigenvalue weighted by Crippen LogP contribution is -2.19. The summed E-state index contributed by atoms with van der Waals surface area (Å²) in [5.41, 5.74) is 4.36. The SMILES string of the molecule is CCOCn1cc(NC(=S)Nc2c(C)nn(Cc3ccc(F)cc3)c2C)cn1. The summed E-state index contributed by atoms with van der Waals surface area (Å²) in [7, 11) is 0. The molecule has 3 aromatic rings. The molecule has 148 valence electrons. The Morgan fingerprint density at radius 3 is 2.68 bits per heavy atom. The van der Waals surface area contributed by atoms with Gasteiger partial charge in [0.05, 0.1) is 41.7 Å². The summed E-state index contributed by atoms with van der Waals surface area (Å²) in [6.07, 6.45) is 3.51. The second kappa shape index (κ2) is 8.94. The van der Waals surface area contributed by atoms with Gasteiger partial charge in [0.15, 0.2) is 5.11 Å². The summed E-state index contributed by atoms with van der Waals surface area (Å²) in [6, 6.07) is 6.41. The van der Waals surface area contributed by atoms with Crippen molar-refractivity contribution in [1.82, 2.24) is 19.6 Å². The molecule has 9 heteroatoms. The van der Waals surface area contributed by atoms with Crippen molar-refractivity contribution in [2.24, 2.45) is 0 Å². The van der Waals surface area contributed by atoms with Crippen molar-refractivity contribution >= 4 is 28.7 Å². The average molecular weight is 402 g/mol. The van der Waals surface area contributed by atoms with Gasteiger partial charge < -0.3 is 15.4 Å². The van der Waals surface area contributed by atoms with E-state index in [1.165, 1.54) is 12.1 Å². The molecule has 0 radical (unpaired) electrons. The number of aryl methyl sites for hydroxylation is 1. The highest BCUT2D eigenvalue weighted by atomic mass is 32.1. The number of anilines is 2. The Hall–Kier alpha value is -2.78. The van der Waals surface area contributed by atoms with Crippen LogP contribution in [0.2, 0.25) is 0 Å². The first-order valence-electron chi connectivity index (χ1n) is 8.93. The summed E-state index contributed by atoms with van der Waals surface area (Å²) in [5.74, 6) is -0.250. The predicted molar refractivity (Wildman–Crippen MR) is 111 cm³/mol. The van der Waals surface area contributed by atoms with Gasteiger partial charge in [0, 0.05) is 6.61 Å². The maximum Gasteiger partial charge on any atom is 0.175 e. The van der Waals surface area contributed by atoms with E-state index in [0.717, 1.165) is 28.3 Å². The maximum atomic E-state index is 13.1. The Balaban J connectivity index is 1.65. The highest BCUT2D eigenvalue weighted by Gasteiger charge is 2.13. The molecule has 1 aromatic carbocycles. The molecule has 0 bridgehead atoms. The van der Waals surface area contributed by atoms with Gasteiger partial charge in [-0.25, -0.2) is 9.07 Å². The topological polar surface area (TPSA) is 68.9 Å². The molecule has 28 heavy (non-hydrogen) atoms. The summed E-state index contributed by atoms with van der Waals surface area (Å²) >= 11 is 5.42. The lowest BCUT2D eigenvalue weighted by Gasteiger charge is -2.10. The minimum absolute atomic E-state index is 0.250. The van der Waals surface area contributed by atoms with Crippen LogP contribution in [-0.4, -0.2) is 31.3 Å². The van der Waals surface area contributed by atoms with E-state index in [4.69, 9.17) is 17.0 Å². The Labute approximate surface area is 168 Å². The summed E-state index contributed by atoms with van der Waals surface area (Å²) in [5, 5.41) is 15.5. The molecule has 2 N–H and O–H groups in total. The average Bonchev–Trinajstić information content (AvgIpc) is 3.21. The number of nitrogens with one attached hydrogen (secondary N) is 2. The first kappa shape index (κ1) is 20.0. The minimum atomic E-state index is -0.250. The number of halogens is 1. The molecule has 0 aliphatic heterocycles. The van der Waals surface area contributed by atoms with Gasteiger partial charge in [-0.1, -0.05) is 12.1 Å². The Bertz CT molecular complexity index is 950. The van der Waals surface area contributed by atoms with Gasteiger partial charge in [-0.2, -0.15) is 10.2 Å². The zero-order valence-electron chi connectivity index (χ0n) is 16.1. The van der Waals surface area contributed by atoms with E-state index in [0.29, 0.717) is 25.0 Å². The van der Waals surface area contributed by atoms with Crippen LogP contribution in [0.25, 0.3) is 0 Å². The molecule has 0 atom stereocenters. The lowest BCUT2D eigenvalue weighted by atomic mass is 10.2. The number of aromatic nitrogens is 4. The van der Waals surface area contributed by atoms with Crippen LogP contribution in [0.1, 0.15) is 23.9 Å². The molecular weight excluding hydrogens is 379 g/mol. The van der Waals surface area contributed by atoms with Crippen molar-refractivity contribution in [2.45, 2.75) is 34.0 Å². The largest absolute Gasteiger partial charge is 0.360 e. The van der Waals surface area contributed by atoms with Crippen LogP contribution in [0, 0.1) is 19.7 Å². The fourth-order valence-electron chi connectivity index (χ4n) is 2.75. The van der Waals surface area contributed by atoms with Crippen LogP contribution < -0.4 is 10.6 Å². The van der Waals surface area contributed by atoms with E-state index >= 15 is 0 Å². The van der Waals surface area contributed by atoms with E-state index in [1.54, 1.807) is 23.0 Å². The molecular formula is C19H23FN6OS. The number of benzene rings is 1. The smallest absolute Gasteiger partial charge is 0.175 e. The van der Waals surface area contributed by atoms with Gasteiger partial charge in [-0.05, 0) is 50.7 Å². The summed E-state index contributed by atoms with van der Waals surface area (Å²) in [4.78, 5) is 0. The van der Waals surface area contributed by atoms with E-state index < -0.39 is 0 Å². The van der Waals surface area contributed by atoms with Gasteiger partial charge in [0.25, 0.3) is 0 Å². The molecule has 0 saturated carbocycles. The summed E-state index contributed by atoms with van der Waals surface area (Å²) in [6.45, 7) is 7.39. The van der Waals surface area contributed by atoms with Crippen molar-refractivity contribution < 1.29 is 9.13 Å². The molecule has 3 rings (SSSR count). The first-order valence-corrected chi connectivity index (χ1v) is 9.33. The van der Waals surface area contributed by atoms with Crippen LogP contribution in [0.5, 0.6) is 0 Å². The van der Waals surface area contributed by atoms with Crippen molar-refractivity contribution in [3.8, 4) is 0 Å². The van der Waals surface area contributed by atoms with E-state index in [2.05, 4.69) is 20.8 Å². The standard InChI is InChI=1S/C19H23FN6OS/c1-4-27-12-25-11-17(9-21-25)22-19(28)23-18-13(2)24-26(14(18)3)10-15-5-7-16(20)8-6-15/h5-9,11H,4,10,12H2,1-3H3,(H2,22,23,28). The molecule has 0 spiro atoms. The number of rotatable bonds is 7. The summed E-state index contributed by atoms with van der Waals surface area (Å²) < 4.78 is 22.0. The van der Waals surface area contributed by atoms with Crippen molar-refractivity contribution in [1.29, 1.82) is 0 Å². The van der Waals surface area contributed by atoms with Crippen LogP contribution in [0.15, 0.2) is 36.7 Å². The number of ether oxygens (including phenoxy) is 1. The molecule has 0 fully saturated rings. The van der Waals surface area contributed by atoms with Crippen molar-refractivity contribution in [3.63, 3.8) is 0 Å². The molecule has 2 aromatic heterocycles. The number of nitrogens with zero attached hydrogens (tertiary/aromatic N) is 4. The second-order valence-corrected chi connectivity index (χ2v) is 6.71. The third-order valence-corrected chi connectivity index (χ3v) is 4.39. The highest BCUT2D eigenvalue weighted by Crippen LogP contribution is 2.21. The Kier molecular flexibility index (Phi) is 6.37. The van der Waals surface area contributed by atoms with Crippen LogP contribution in [-0.2, 0) is 18.0 Å². The molecule has 0 amide bonds. The highest BCUT2D eigenvalue weighted by molar-refractivity contribution is 7.80. The van der Waals surface area contributed by atoms with Crippen LogP contribution in [0.3, 0.4) is 0 Å². The zero-order chi connectivity index (χ0) is 20.1. The minimum Gasteiger partial charge on any atom is -0.360 e. The van der Waals surface area contributed by atoms with Crippen molar-refractivity contribution in [2.75, 3.05) is 17.2 Å². The normalized spacial score (nSPS) is 10.9. The van der Waals surface area contributed by atoms with Crippen molar-refractivity contribution in [3.05, 3.63) is 59.4 Å². The van der Waals surface area contributed by atoms with Gasteiger partial charge in [-0.15, -0.1) is 0 Å². The van der Waals surface area contributed by atoms with Gasteiger partial charge >= 0.3 is 0 Å². The third kappa shape index (κ3) is 4.93. The van der Waals surface area contributed by atoms with E-state index in [9.17, 15) is 4.39 Å². The molecule has 0 aliphatic rings. The Morgan fingerprint density at radius 2 is 1.96 bits per heavy atom. The Morgan fingerprint density at radius 1 is 1.21 bits per heavy atom. The zero-order valence-corrected chi connectivity index (χ0v) is 16.9. The lowest BCUT2D eigenvalue weighted by molar-refractivity contribution is 0.0792. The molecule has 0 saturated heterocycles. The monoisotopic (exact) mass is 402 g/mol. The molecule has 2 heterocycles. The molecule has 7 nitrogen and oxygen atoms in total. The van der Waals surface area contributed by atoms with E-state index in [1.807, 2.05) is 31.6 Å². The molecule has 0 aliphatic carbocycles.